The van der Waals surface area contributed by atoms with E-state index in [0.717, 1.165) is 6.54 Å². The Hall–Kier alpha value is -0.460. The van der Waals surface area contributed by atoms with Gasteiger partial charge in [0, 0.05) is 6.54 Å². The van der Waals surface area contributed by atoms with Crippen molar-refractivity contribution in [1.82, 2.24) is 5.32 Å². The Morgan fingerprint density at radius 3 is 2.60 bits per heavy atom. The fourth-order valence-electron chi connectivity index (χ4n) is 0.716. The van der Waals surface area contributed by atoms with E-state index in [0.29, 0.717) is 0 Å². The van der Waals surface area contributed by atoms with Gasteiger partial charge in [0.15, 0.2) is 0 Å². The standard InChI is InChI=1S/C9H19N/c1-3-5-6-7-9-10-8-4-2/h7,9-10H,3-6,8H2,1-2H3/b9-7-. The van der Waals surface area contributed by atoms with Gasteiger partial charge in [-0.05, 0) is 19.0 Å². The van der Waals surface area contributed by atoms with Crippen LogP contribution < -0.4 is 5.32 Å². The summed E-state index contributed by atoms with van der Waals surface area (Å²) in [6.07, 6.45) is 9.30. The summed E-state index contributed by atoms with van der Waals surface area (Å²) >= 11 is 0. The van der Waals surface area contributed by atoms with Crippen molar-refractivity contribution in [2.45, 2.75) is 39.5 Å². The molecule has 0 spiro atoms. The Kier molecular flexibility index (Phi) is 8.15. The van der Waals surface area contributed by atoms with E-state index in [1.165, 1.54) is 25.7 Å². The number of hydrogen-bond acceptors (Lipinski definition) is 1. The lowest BCUT2D eigenvalue weighted by Gasteiger charge is -1.94. The molecule has 0 aromatic heterocycles. The molecule has 60 valence electrons. The SMILES string of the molecule is CCCC/C=C\NCCC. The largest absolute Gasteiger partial charge is 0.391 e. The van der Waals surface area contributed by atoms with Crippen molar-refractivity contribution < 1.29 is 0 Å². The van der Waals surface area contributed by atoms with Crippen LogP contribution in [0.15, 0.2) is 12.3 Å². The van der Waals surface area contributed by atoms with Gasteiger partial charge in [0.25, 0.3) is 0 Å². The zero-order chi connectivity index (χ0) is 7.66. The Morgan fingerprint density at radius 2 is 2.00 bits per heavy atom. The Bertz CT molecular complexity index is 66.8. The average Bonchev–Trinajstić information content (AvgIpc) is 1.97. The van der Waals surface area contributed by atoms with Crippen molar-refractivity contribution in [3.63, 3.8) is 0 Å². The second-order valence-electron chi connectivity index (χ2n) is 2.50. The summed E-state index contributed by atoms with van der Waals surface area (Å²) in [6.45, 7) is 5.49. The van der Waals surface area contributed by atoms with Crippen molar-refractivity contribution in [3.05, 3.63) is 12.3 Å². The summed E-state index contributed by atoms with van der Waals surface area (Å²) < 4.78 is 0. The highest BCUT2D eigenvalue weighted by molar-refractivity contribution is 4.78. The lowest BCUT2D eigenvalue weighted by molar-refractivity contribution is 0.785. The third-order valence-corrected chi connectivity index (χ3v) is 1.35. The number of rotatable bonds is 6. The van der Waals surface area contributed by atoms with Gasteiger partial charge in [0.2, 0.25) is 0 Å². The topological polar surface area (TPSA) is 12.0 Å². The maximum atomic E-state index is 3.21. The van der Waals surface area contributed by atoms with Crippen molar-refractivity contribution >= 4 is 0 Å². The van der Waals surface area contributed by atoms with Crippen molar-refractivity contribution in [2.75, 3.05) is 6.54 Å². The number of unbranched alkanes of at least 4 members (excludes halogenated alkanes) is 2. The van der Waals surface area contributed by atoms with Gasteiger partial charge in [-0.3, -0.25) is 0 Å². The fraction of sp³-hybridized carbons (Fsp3) is 0.778. The number of hydrogen-bond donors (Lipinski definition) is 1. The minimum absolute atomic E-state index is 1.10. The molecule has 10 heavy (non-hydrogen) atoms. The molecule has 0 aromatic rings. The molecule has 1 nitrogen and oxygen atoms in total. The van der Waals surface area contributed by atoms with Crippen molar-refractivity contribution in [3.8, 4) is 0 Å². The highest BCUT2D eigenvalue weighted by Crippen LogP contribution is 1.93. The highest BCUT2D eigenvalue weighted by Gasteiger charge is 1.76. The van der Waals surface area contributed by atoms with Crippen LogP contribution >= 0.6 is 0 Å². The molecule has 0 radical (unpaired) electrons. The predicted octanol–water partition coefficient (Wildman–Crippen LogP) is 2.69. The van der Waals surface area contributed by atoms with Crippen LogP contribution in [-0.4, -0.2) is 6.54 Å². The summed E-state index contributed by atoms with van der Waals surface area (Å²) in [5.41, 5.74) is 0. The van der Waals surface area contributed by atoms with E-state index in [1.807, 2.05) is 0 Å². The van der Waals surface area contributed by atoms with E-state index in [-0.39, 0.29) is 0 Å². The van der Waals surface area contributed by atoms with Gasteiger partial charge in [-0.1, -0.05) is 32.8 Å². The number of allylic oxidation sites excluding steroid dienone is 1. The maximum Gasteiger partial charge on any atom is 0.0138 e. The molecule has 0 fully saturated rings. The summed E-state index contributed by atoms with van der Waals surface area (Å²) in [5, 5.41) is 3.21. The molecule has 1 heteroatoms. The zero-order valence-electron chi connectivity index (χ0n) is 7.19. The monoisotopic (exact) mass is 141 g/mol. The fourth-order valence-corrected chi connectivity index (χ4v) is 0.716. The second kappa shape index (κ2) is 8.54. The third-order valence-electron chi connectivity index (χ3n) is 1.35. The molecule has 0 saturated carbocycles. The first-order chi connectivity index (χ1) is 4.91. The van der Waals surface area contributed by atoms with E-state index in [2.05, 4.69) is 31.4 Å². The minimum atomic E-state index is 1.10. The van der Waals surface area contributed by atoms with Gasteiger partial charge >= 0.3 is 0 Å². The van der Waals surface area contributed by atoms with Crippen molar-refractivity contribution in [1.29, 1.82) is 0 Å². The molecule has 0 aliphatic heterocycles. The van der Waals surface area contributed by atoms with Crippen LogP contribution in [0, 0.1) is 0 Å². The van der Waals surface area contributed by atoms with Gasteiger partial charge in [0.05, 0.1) is 0 Å². The first-order valence-electron chi connectivity index (χ1n) is 4.30. The second-order valence-corrected chi connectivity index (χ2v) is 2.50. The van der Waals surface area contributed by atoms with Gasteiger partial charge in [-0.15, -0.1) is 0 Å². The molecule has 0 atom stereocenters. The normalized spacial score (nSPS) is 10.6. The van der Waals surface area contributed by atoms with Crippen LogP contribution in [0.1, 0.15) is 39.5 Å². The quantitative estimate of drug-likeness (QED) is 0.561. The first kappa shape index (κ1) is 9.54. The van der Waals surface area contributed by atoms with Crippen LogP contribution in [0.2, 0.25) is 0 Å². The first-order valence-corrected chi connectivity index (χ1v) is 4.30. The molecular weight excluding hydrogens is 122 g/mol. The van der Waals surface area contributed by atoms with Crippen LogP contribution in [0.3, 0.4) is 0 Å². The van der Waals surface area contributed by atoms with Crippen LogP contribution in [0.25, 0.3) is 0 Å². The van der Waals surface area contributed by atoms with Crippen LogP contribution in [0.4, 0.5) is 0 Å². The third kappa shape index (κ3) is 7.54. The maximum absolute atomic E-state index is 3.21. The van der Waals surface area contributed by atoms with E-state index in [4.69, 9.17) is 0 Å². The highest BCUT2D eigenvalue weighted by atomic mass is 14.8. The lowest BCUT2D eigenvalue weighted by atomic mass is 10.2. The Labute approximate surface area is 64.5 Å². The van der Waals surface area contributed by atoms with Gasteiger partial charge in [-0.25, -0.2) is 0 Å². The summed E-state index contributed by atoms with van der Waals surface area (Å²) in [5.74, 6) is 0. The molecule has 0 amide bonds. The molecular formula is C9H19N. The van der Waals surface area contributed by atoms with Gasteiger partial charge in [-0.2, -0.15) is 0 Å². The molecule has 0 aromatic carbocycles. The smallest absolute Gasteiger partial charge is 0.0138 e. The summed E-state index contributed by atoms with van der Waals surface area (Å²) in [6, 6.07) is 0. The van der Waals surface area contributed by atoms with Crippen LogP contribution in [-0.2, 0) is 0 Å². The average molecular weight is 141 g/mol. The molecule has 0 aliphatic carbocycles. The van der Waals surface area contributed by atoms with Gasteiger partial charge < -0.3 is 5.32 Å². The van der Waals surface area contributed by atoms with E-state index >= 15 is 0 Å². The van der Waals surface area contributed by atoms with Gasteiger partial charge in [0.1, 0.15) is 0 Å². The van der Waals surface area contributed by atoms with E-state index in [1.54, 1.807) is 0 Å². The molecule has 0 unspecified atom stereocenters. The predicted molar refractivity (Wildman–Crippen MR) is 47.0 cm³/mol. The summed E-state index contributed by atoms with van der Waals surface area (Å²) in [4.78, 5) is 0. The Morgan fingerprint density at radius 1 is 1.20 bits per heavy atom. The zero-order valence-corrected chi connectivity index (χ0v) is 7.19. The van der Waals surface area contributed by atoms with Crippen molar-refractivity contribution in [2.24, 2.45) is 0 Å². The molecule has 0 heterocycles. The molecule has 1 N–H and O–H groups in total. The molecule has 0 aliphatic rings. The van der Waals surface area contributed by atoms with Crippen LogP contribution in [0.5, 0.6) is 0 Å². The lowest BCUT2D eigenvalue weighted by Crippen LogP contribution is -2.04. The number of nitrogens with one attached hydrogen (secondary N) is 1. The van der Waals surface area contributed by atoms with E-state index < -0.39 is 0 Å². The Balaban J connectivity index is 2.89. The summed E-state index contributed by atoms with van der Waals surface area (Å²) in [7, 11) is 0. The molecule has 0 saturated heterocycles. The molecule has 0 rings (SSSR count). The van der Waals surface area contributed by atoms with E-state index in [9.17, 15) is 0 Å². The molecule has 0 bridgehead atoms. The minimum Gasteiger partial charge on any atom is -0.391 e.